The van der Waals surface area contributed by atoms with Crippen molar-refractivity contribution in [2.24, 2.45) is 11.8 Å². The first-order chi connectivity index (χ1) is 11.5. The van der Waals surface area contributed by atoms with Crippen molar-refractivity contribution in [1.82, 2.24) is 0 Å². The van der Waals surface area contributed by atoms with E-state index in [1.807, 2.05) is 6.92 Å². The van der Waals surface area contributed by atoms with E-state index >= 15 is 0 Å². The van der Waals surface area contributed by atoms with Gasteiger partial charge in [0.25, 0.3) is 0 Å². The van der Waals surface area contributed by atoms with Crippen LogP contribution in [0, 0.1) is 11.8 Å². The highest BCUT2D eigenvalue weighted by atomic mass is 17.5. The largest absolute Gasteiger partial charge is 0.543 e. The SMILES string of the molecule is COc1ccc(C(=O)OOOC(=O)OC2CCCC(C)C2C)cc1. The van der Waals surface area contributed by atoms with Gasteiger partial charge in [-0.1, -0.05) is 20.3 Å². The van der Waals surface area contributed by atoms with Crippen LogP contribution in [0.3, 0.4) is 0 Å². The third-order valence-corrected chi connectivity index (χ3v) is 4.42. The molecule has 0 amide bonds. The Balaban J connectivity index is 1.72. The number of benzene rings is 1. The Morgan fingerprint density at radius 2 is 1.75 bits per heavy atom. The van der Waals surface area contributed by atoms with Gasteiger partial charge in [0, 0.05) is 0 Å². The topological polar surface area (TPSA) is 80.3 Å². The summed E-state index contributed by atoms with van der Waals surface area (Å²) < 4.78 is 10.2. The Kier molecular flexibility index (Phi) is 6.43. The van der Waals surface area contributed by atoms with Gasteiger partial charge in [0.15, 0.2) is 0 Å². The van der Waals surface area contributed by atoms with Crippen molar-refractivity contribution in [1.29, 1.82) is 0 Å². The molecule has 2 rings (SSSR count). The average molecular weight is 338 g/mol. The molecular formula is C17H22O7. The molecule has 3 unspecified atom stereocenters. The van der Waals surface area contributed by atoms with Crippen LogP contribution < -0.4 is 4.74 Å². The second-order valence-corrected chi connectivity index (χ2v) is 5.92. The molecule has 0 aromatic heterocycles. The van der Waals surface area contributed by atoms with E-state index in [1.165, 1.54) is 19.2 Å². The zero-order valence-electron chi connectivity index (χ0n) is 14.0. The zero-order valence-corrected chi connectivity index (χ0v) is 14.0. The predicted octanol–water partition coefficient (Wildman–Crippen LogP) is 3.68. The lowest BCUT2D eigenvalue weighted by molar-refractivity contribution is -0.453. The number of methoxy groups -OCH3 is 1. The van der Waals surface area contributed by atoms with Gasteiger partial charge in [-0.15, -0.1) is 0 Å². The fourth-order valence-corrected chi connectivity index (χ4v) is 2.69. The summed E-state index contributed by atoms with van der Waals surface area (Å²) in [5.41, 5.74) is 0.225. The fraction of sp³-hybridized carbons (Fsp3) is 0.529. The smallest absolute Gasteiger partial charge is 0.497 e. The Bertz CT molecular complexity index is 555. The lowest BCUT2D eigenvalue weighted by Gasteiger charge is -2.32. The highest BCUT2D eigenvalue weighted by Gasteiger charge is 2.30. The lowest BCUT2D eigenvalue weighted by atomic mass is 9.79. The van der Waals surface area contributed by atoms with Crippen LogP contribution >= 0.6 is 0 Å². The molecule has 0 aliphatic heterocycles. The molecule has 1 aromatic rings. The van der Waals surface area contributed by atoms with Crippen molar-refractivity contribution in [2.75, 3.05) is 7.11 Å². The molecule has 0 N–H and O–H groups in total. The molecule has 24 heavy (non-hydrogen) atoms. The lowest BCUT2D eigenvalue weighted by Crippen LogP contribution is -2.33. The van der Waals surface area contributed by atoms with Gasteiger partial charge < -0.3 is 9.47 Å². The Labute approximate surface area is 140 Å². The first-order valence-corrected chi connectivity index (χ1v) is 7.91. The van der Waals surface area contributed by atoms with E-state index in [1.54, 1.807) is 12.1 Å². The average Bonchev–Trinajstić information content (AvgIpc) is 2.59. The minimum absolute atomic E-state index is 0.220. The Morgan fingerprint density at radius 3 is 2.42 bits per heavy atom. The molecule has 3 atom stereocenters. The molecule has 1 aliphatic carbocycles. The van der Waals surface area contributed by atoms with Crippen molar-refractivity contribution in [3.05, 3.63) is 29.8 Å². The molecule has 7 nitrogen and oxygen atoms in total. The van der Waals surface area contributed by atoms with Gasteiger partial charge in [-0.2, -0.15) is 0 Å². The van der Waals surface area contributed by atoms with E-state index in [0.717, 1.165) is 19.3 Å². The van der Waals surface area contributed by atoms with Crippen LogP contribution in [0.5, 0.6) is 5.75 Å². The predicted molar refractivity (Wildman–Crippen MR) is 83.0 cm³/mol. The minimum Gasteiger partial charge on any atom is -0.497 e. The number of ether oxygens (including phenoxy) is 2. The maximum Gasteiger partial charge on any atom is 0.543 e. The maximum atomic E-state index is 11.7. The van der Waals surface area contributed by atoms with E-state index in [9.17, 15) is 9.59 Å². The molecule has 0 heterocycles. The minimum atomic E-state index is -1.02. The van der Waals surface area contributed by atoms with Crippen LogP contribution in [-0.4, -0.2) is 25.3 Å². The molecular weight excluding hydrogens is 316 g/mol. The standard InChI is InChI=1S/C17H22O7/c1-11-5-4-6-15(12(11)2)21-17(19)23-24-22-16(18)13-7-9-14(20-3)10-8-13/h7-12,15H,4-6H2,1-3H3. The van der Waals surface area contributed by atoms with Crippen molar-refractivity contribution in [3.8, 4) is 5.75 Å². The second-order valence-electron chi connectivity index (χ2n) is 5.92. The molecule has 0 spiro atoms. The molecule has 0 bridgehead atoms. The summed E-state index contributed by atoms with van der Waals surface area (Å²) in [5, 5.41) is 4.22. The number of rotatable bonds is 5. The Hall–Kier alpha value is -2.28. The van der Waals surface area contributed by atoms with E-state index in [4.69, 9.17) is 9.47 Å². The van der Waals surface area contributed by atoms with Gasteiger partial charge in [-0.3, -0.25) is 4.89 Å². The summed E-state index contributed by atoms with van der Waals surface area (Å²) in [7, 11) is 1.52. The third kappa shape index (κ3) is 4.86. The van der Waals surface area contributed by atoms with Gasteiger partial charge in [-0.05, 0) is 48.9 Å². The highest BCUT2D eigenvalue weighted by Crippen LogP contribution is 2.31. The van der Waals surface area contributed by atoms with Crippen LogP contribution in [0.4, 0.5) is 4.79 Å². The second kappa shape index (κ2) is 8.54. The summed E-state index contributed by atoms with van der Waals surface area (Å²) in [6.45, 7) is 4.16. The van der Waals surface area contributed by atoms with Gasteiger partial charge in [0.05, 0.1) is 17.7 Å². The van der Waals surface area contributed by atoms with Crippen LogP contribution in [0.1, 0.15) is 43.5 Å². The number of carbonyl (C=O) groups excluding carboxylic acids is 2. The van der Waals surface area contributed by atoms with E-state index in [0.29, 0.717) is 11.7 Å². The molecule has 132 valence electrons. The van der Waals surface area contributed by atoms with Crippen LogP contribution in [0.15, 0.2) is 24.3 Å². The van der Waals surface area contributed by atoms with Gasteiger partial charge >= 0.3 is 12.1 Å². The van der Waals surface area contributed by atoms with E-state index in [2.05, 4.69) is 21.7 Å². The summed E-state index contributed by atoms with van der Waals surface area (Å²) in [5.74, 6) is 0.520. The molecule has 1 aromatic carbocycles. The highest BCUT2D eigenvalue weighted by molar-refractivity contribution is 5.89. The first-order valence-electron chi connectivity index (χ1n) is 7.91. The normalized spacial score (nSPS) is 23.2. The first kappa shape index (κ1) is 18.1. The van der Waals surface area contributed by atoms with Crippen LogP contribution in [-0.2, 0) is 19.6 Å². The van der Waals surface area contributed by atoms with Crippen LogP contribution in [0.25, 0.3) is 0 Å². The quantitative estimate of drug-likeness (QED) is 0.460. The molecule has 0 saturated heterocycles. The van der Waals surface area contributed by atoms with Gasteiger partial charge in [-0.25, -0.2) is 14.5 Å². The van der Waals surface area contributed by atoms with E-state index < -0.39 is 12.1 Å². The third-order valence-electron chi connectivity index (χ3n) is 4.42. The molecule has 1 saturated carbocycles. The number of carbonyl (C=O) groups is 2. The van der Waals surface area contributed by atoms with E-state index in [-0.39, 0.29) is 17.6 Å². The Morgan fingerprint density at radius 1 is 1.04 bits per heavy atom. The van der Waals surface area contributed by atoms with Gasteiger partial charge in [0.2, 0.25) is 0 Å². The summed E-state index contributed by atoms with van der Waals surface area (Å²) in [6, 6.07) is 6.18. The molecule has 1 fully saturated rings. The van der Waals surface area contributed by atoms with Crippen molar-refractivity contribution in [2.45, 2.75) is 39.2 Å². The molecule has 0 radical (unpaired) electrons. The maximum absolute atomic E-state index is 11.7. The number of hydrogen-bond acceptors (Lipinski definition) is 7. The van der Waals surface area contributed by atoms with Crippen molar-refractivity contribution in [3.63, 3.8) is 0 Å². The van der Waals surface area contributed by atoms with Crippen LogP contribution in [0.2, 0.25) is 0 Å². The van der Waals surface area contributed by atoms with Crippen molar-refractivity contribution >= 4 is 12.1 Å². The summed E-state index contributed by atoms with van der Waals surface area (Å²) in [4.78, 5) is 32.0. The number of hydrogen-bond donors (Lipinski definition) is 0. The van der Waals surface area contributed by atoms with Gasteiger partial charge in [0.1, 0.15) is 11.9 Å². The zero-order chi connectivity index (χ0) is 17.5. The summed E-state index contributed by atoms with van der Waals surface area (Å²) in [6.07, 6.45) is 1.65. The van der Waals surface area contributed by atoms with Crippen molar-refractivity contribution < 1.29 is 33.9 Å². The summed E-state index contributed by atoms with van der Waals surface area (Å²) >= 11 is 0. The molecule has 1 aliphatic rings. The molecule has 7 heteroatoms. The fourth-order valence-electron chi connectivity index (χ4n) is 2.69. The monoisotopic (exact) mass is 338 g/mol.